The van der Waals surface area contributed by atoms with Gasteiger partial charge in [-0.1, -0.05) is 81.4 Å². The van der Waals surface area contributed by atoms with Gasteiger partial charge in [0.15, 0.2) is 0 Å². The molecule has 0 bridgehead atoms. The molecule has 2 aromatic carbocycles. The Hall–Kier alpha value is -3.15. The Bertz CT molecular complexity index is 1070. The average Bonchev–Trinajstić information content (AvgIpc) is 3.60. The molecule has 206 valence electrons. The van der Waals surface area contributed by atoms with Gasteiger partial charge in [-0.2, -0.15) is 0 Å². The Labute approximate surface area is 227 Å². The summed E-state index contributed by atoms with van der Waals surface area (Å²) in [6, 6.07) is 19.6. The summed E-state index contributed by atoms with van der Waals surface area (Å²) in [5, 5.41) is 6.15. The van der Waals surface area contributed by atoms with Crippen LogP contribution in [0.3, 0.4) is 0 Å². The summed E-state index contributed by atoms with van der Waals surface area (Å²) in [5.41, 5.74) is 1.27. The Morgan fingerprint density at radius 1 is 0.895 bits per heavy atom. The smallest absolute Gasteiger partial charge is 0.307 e. The first kappa shape index (κ1) is 29.4. The second-order valence-corrected chi connectivity index (χ2v) is 12.5. The quantitative estimate of drug-likeness (QED) is 0.380. The average molecular weight is 521 g/mol. The minimum Gasteiger partial charge on any atom is -0.460 e. The van der Waals surface area contributed by atoms with Gasteiger partial charge in [0.1, 0.15) is 11.6 Å². The number of hydrogen-bond acceptors (Lipinski definition) is 4. The van der Waals surface area contributed by atoms with Crippen molar-refractivity contribution in [3.8, 4) is 0 Å². The third-order valence-electron chi connectivity index (χ3n) is 6.83. The summed E-state index contributed by atoms with van der Waals surface area (Å²) in [5.74, 6) is -1.15. The van der Waals surface area contributed by atoms with Gasteiger partial charge in [-0.3, -0.25) is 14.4 Å². The monoisotopic (exact) mass is 520 g/mol. The van der Waals surface area contributed by atoms with Crippen molar-refractivity contribution >= 4 is 17.8 Å². The molecule has 6 nitrogen and oxygen atoms in total. The van der Waals surface area contributed by atoms with Gasteiger partial charge in [0.25, 0.3) is 0 Å². The van der Waals surface area contributed by atoms with Gasteiger partial charge >= 0.3 is 5.97 Å². The minimum absolute atomic E-state index is 0.0188. The van der Waals surface area contributed by atoms with Crippen molar-refractivity contribution in [3.05, 3.63) is 71.8 Å². The second kappa shape index (κ2) is 12.6. The van der Waals surface area contributed by atoms with E-state index in [-0.39, 0.29) is 24.3 Å². The van der Waals surface area contributed by atoms with E-state index in [1.807, 2.05) is 77.9 Å². The number of hydrogen-bond donors (Lipinski definition) is 2. The lowest BCUT2D eigenvalue weighted by Crippen LogP contribution is -2.55. The SMILES string of the molecule is CC(C)(C)OC(=O)CC(CCCc1ccccc1)C(=O)N[C@H](C(=O)N[C@H]1C[C@H]1c1ccccc1)C(C)(C)C. The molecule has 1 fully saturated rings. The molecule has 2 aromatic rings. The summed E-state index contributed by atoms with van der Waals surface area (Å²) < 4.78 is 5.52. The van der Waals surface area contributed by atoms with Crippen molar-refractivity contribution in [1.82, 2.24) is 10.6 Å². The third-order valence-corrected chi connectivity index (χ3v) is 6.83. The van der Waals surface area contributed by atoms with E-state index >= 15 is 0 Å². The molecule has 0 saturated heterocycles. The minimum atomic E-state index is -0.720. The molecule has 1 aliphatic rings. The first-order valence-corrected chi connectivity index (χ1v) is 13.7. The summed E-state index contributed by atoms with van der Waals surface area (Å²) in [7, 11) is 0. The van der Waals surface area contributed by atoms with Crippen molar-refractivity contribution in [2.75, 3.05) is 0 Å². The Balaban J connectivity index is 1.66. The number of ether oxygens (including phenoxy) is 1. The number of esters is 1. The highest BCUT2D eigenvalue weighted by Gasteiger charge is 2.43. The molecule has 0 spiro atoms. The number of benzene rings is 2. The summed E-state index contributed by atoms with van der Waals surface area (Å²) in [6.07, 6.45) is 2.95. The Kier molecular flexibility index (Phi) is 9.75. The lowest BCUT2D eigenvalue weighted by atomic mass is 9.85. The van der Waals surface area contributed by atoms with E-state index in [4.69, 9.17) is 4.74 Å². The molecule has 4 atom stereocenters. The molecule has 1 saturated carbocycles. The van der Waals surface area contributed by atoms with Crippen LogP contribution in [0.25, 0.3) is 0 Å². The van der Waals surface area contributed by atoms with Crippen molar-refractivity contribution in [3.63, 3.8) is 0 Å². The van der Waals surface area contributed by atoms with E-state index in [2.05, 4.69) is 34.9 Å². The van der Waals surface area contributed by atoms with Crippen molar-refractivity contribution < 1.29 is 19.1 Å². The highest BCUT2D eigenvalue weighted by atomic mass is 16.6. The zero-order valence-electron chi connectivity index (χ0n) is 23.8. The maximum Gasteiger partial charge on any atom is 0.307 e. The van der Waals surface area contributed by atoms with Crippen LogP contribution in [-0.4, -0.2) is 35.5 Å². The Morgan fingerprint density at radius 2 is 1.50 bits per heavy atom. The van der Waals surface area contributed by atoms with Gasteiger partial charge in [0, 0.05) is 17.9 Å². The number of carbonyl (C=O) groups excluding carboxylic acids is 3. The van der Waals surface area contributed by atoms with Gasteiger partial charge in [0.05, 0.1) is 6.42 Å². The largest absolute Gasteiger partial charge is 0.460 e. The van der Waals surface area contributed by atoms with Crippen LogP contribution in [0, 0.1) is 11.3 Å². The Morgan fingerprint density at radius 3 is 2.08 bits per heavy atom. The van der Waals surface area contributed by atoms with E-state index in [0.29, 0.717) is 12.3 Å². The molecule has 3 rings (SSSR count). The zero-order chi connectivity index (χ0) is 27.9. The van der Waals surface area contributed by atoms with Crippen molar-refractivity contribution in [2.24, 2.45) is 11.3 Å². The number of rotatable bonds is 11. The van der Waals surface area contributed by atoms with Crippen molar-refractivity contribution in [1.29, 1.82) is 0 Å². The first-order chi connectivity index (χ1) is 17.8. The molecule has 6 heteroatoms. The molecule has 0 heterocycles. The highest BCUT2D eigenvalue weighted by Crippen LogP contribution is 2.41. The standard InChI is InChI=1S/C32H44N2O4/c1-31(2,3)28(30(37)33-26-21-25(26)23-17-11-8-12-18-23)34-29(36)24(20-27(35)38-32(4,5)6)19-13-16-22-14-9-7-10-15-22/h7-12,14-15,17-18,24-26,28H,13,16,19-21H2,1-6H3,(H,33,37)(H,34,36)/t24?,25-,26-,28+/m0/s1. The number of nitrogens with one attached hydrogen (secondary N) is 2. The lowest BCUT2D eigenvalue weighted by molar-refractivity contribution is -0.157. The molecule has 1 aliphatic carbocycles. The van der Waals surface area contributed by atoms with Crippen LogP contribution in [0.4, 0.5) is 0 Å². The second-order valence-electron chi connectivity index (χ2n) is 12.5. The predicted octanol–water partition coefficient (Wildman–Crippen LogP) is 5.56. The fraction of sp³-hybridized carbons (Fsp3) is 0.531. The van der Waals surface area contributed by atoms with Crippen LogP contribution < -0.4 is 10.6 Å². The van der Waals surface area contributed by atoms with Gasteiger partial charge in [0.2, 0.25) is 11.8 Å². The molecular formula is C32H44N2O4. The zero-order valence-corrected chi connectivity index (χ0v) is 23.8. The van der Waals surface area contributed by atoms with Crippen LogP contribution in [0.15, 0.2) is 60.7 Å². The number of amides is 2. The van der Waals surface area contributed by atoms with E-state index in [1.54, 1.807) is 0 Å². The highest BCUT2D eigenvalue weighted by molar-refractivity contribution is 5.91. The van der Waals surface area contributed by atoms with Gasteiger partial charge in [-0.15, -0.1) is 0 Å². The molecule has 2 N–H and O–H groups in total. The summed E-state index contributed by atoms with van der Waals surface area (Å²) >= 11 is 0. The number of aryl methyl sites for hydroxylation is 1. The predicted molar refractivity (Wildman–Crippen MR) is 150 cm³/mol. The maximum atomic E-state index is 13.5. The first-order valence-electron chi connectivity index (χ1n) is 13.7. The fourth-order valence-corrected chi connectivity index (χ4v) is 4.73. The van der Waals surface area contributed by atoms with Gasteiger partial charge in [-0.25, -0.2) is 0 Å². The third kappa shape index (κ3) is 9.30. The van der Waals surface area contributed by atoms with Crippen LogP contribution in [-0.2, 0) is 25.5 Å². The molecular weight excluding hydrogens is 476 g/mol. The van der Waals surface area contributed by atoms with Crippen LogP contribution in [0.2, 0.25) is 0 Å². The molecule has 38 heavy (non-hydrogen) atoms. The molecule has 0 aromatic heterocycles. The topological polar surface area (TPSA) is 84.5 Å². The van der Waals surface area contributed by atoms with E-state index in [0.717, 1.165) is 19.3 Å². The lowest BCUT2D eigenvalue weighted by Gasteiger charge is -2.32. The summed E-state index contributed by atoms with van der Waals surface area (Å²) in [4.78, 5) is 39.6. The number of carbonyl (C=O) groups is 3. The fourth-order valence-electron chi connectivity index (χ4n) is 4.73. The van der Waals surface area contributed by atoms with Gasteiger partial charge < -0.3 is 15.4 Å². The van der Waals surface area contributed by atoms with Crippen LogP contribution in [0.5, 0.6) is 0 Å². The van der Waals surface area contributed by atoms with Gasteiger partial charge in [-0.05, 0) is 63.0 Å². The van der Waals surface area contributed by atoms with Crippen LogP contribution >= 0.6 is 0 Å². The maximum absolute atomic E-state index is 13.5. The molecule has 2 amide bonds. The van der Waals surface area contributed by atoms with E-state index < -0.39 is 28.9 Å². The molecule has 1 unspecified atom stereocenters. The van der Waals surface area contributed by atoms with Crippen molar-refractivity contribution in [2.45, 2.75) is 97.2 Å². The van der Waals surface area contributed by atoms with E-state index in [9.17, 15) is 14.4 Å². The van der Waals surface area contributed by atoms with Crippen LogP contribution in [0.1, 0.15) is 84.3 Å². The van der Waals surface area contributed by atoms with E-state index in [1.165, 1.54) is 11.1 Å². The normalized spacial score (nSPS) is 18.7. The molecule has 0 radical (unpaired) electrons. The molecule has 0 aliphatic heterocycles. The summed E-state index contributed by atoms with van der Waals surface area (Å²) in [6.45, 7) is 11.3.